The van der Waals surface area contributed by atoms with Crippen molar-refractivity contribution in [3.8, 4) is 0 Å². The van der Waals surface area contributed by atoms with E-state index in [1.807, 2.05) is 0 Å². The van der Waals surface area contributed by atoms with Crippen LogP contribution in [0.2, 0.25) is 0 Å². The number of fused-ring (bicyclic) bond motifs is 1. The molecule has 27 heavy (non-hydrogen) atoms. The maximum atomic E-state index is 5.47. The van der Waals surface area contributed by atoms with E-state index in [1.165, 1.54) is 19.3 Å². The van der Waals surface area contributed by atoms with Crippen LogP contribution in [-0.2, 0) is 28.9 Å². The van der Waals surface area contributed by atoms with Crippen LogP contribution in [-0.4, -0.2) is 67.3 Å². The van der Waals surface area contributed by atoms with Crippen LogP contribution in [0.1, 0.15) is 50.7 Å². The summed E-state index contributed by atoms with van der Waals surface area (Å²) in [6.07, 6.45) is 7.69. The maximum absolute atomic E-state index is 5.47. The van der Waals surface area contributed by atoms with E-state index in [1.54, 1.807) is 7.11 Å². The minimum Gasteiger partial charge on any atom is -0.382 e. The van der Waals surface area contributed by atoms with Gasteiger partial charge in [0.15, 0.2) is 5.96 Å². The lowest BCUT2D eigenvalue weighted by molar-refractivity contribution is 0.0698. The Morgan fingerprint density at radius 2 is 2.04 bits per heavy atom. The Hall–Kier alpha value is -1.67. The van der Waals surface area contributed by atoms with Crippen molar-refractivity contribution in [2.45, 2.75) is 58.4 Å². The van der Waals surface area contributed by atoms with E-state index in [9.17, 15) is 0 Å². The highest BCUT2D eigenvalue weighted by Gasteiger charge is 2.13. The van der Waals surface area contributed by atoms with Crippen molar-refractivity contribution in [3.05, 3.63) is 11.6 Å². The summed E-state index contributed by atoms with van der Waals surface area (Å²) in [5.41, 5.74) is 0. The Labute approximate surface area is 163 Å². The number of methoxy groups -OCH3 is 1. The van der Waals surface area contributed by atoms with Crippen LogP contribution < -0.4 is 10.6 Å². The SMILES string of the molecule is CCNC(=NCCCc1nnc2n1CCCCC2)NCCCOCCOC. The zero-order valence-electron chi connectivity index (χ0n) is 17.0. The minimum atomic E-state index is 0.646. The van der Waals surface area contributed by atoms with Crippen molar-refractivity contribution in [2.24, 2.45) is 4.99 Å². The molecule has 0 atom stereocenters. The molecule has 0 bridgehead atoms. The number of ether oxygens (including phenoxy) is 2. The molecular weight excluding hydrogens is 344 g/mol. The zero-order valence-corrected chi connectivity index (χ0v) is 17.0. The van der Waals surface area contributed by atoms with Crippen LogP contribution in [0.5, 0.6) is 0 Å². The summed E-state index contributed by atoms with van der Waals surface area (Å²) in [5.74, 6) is 3.15. The van der Waals surface area contributed by atoms with Crippen molar-refractivity contribution in [3.63, 3.8) is 0 Å². The molecule has 0 fully saturated rings. The molecule has 0 radical (unpaired) electrons. The molecule has 2 rings (SSSR count). The Morgan fingerprint density at radius 1 is 1.11 bits per heavy atom. The molecule has 8 heteroatoms. The zero-order chi connectivity index (χ0) is 19.2. The summed E-state index contributed by atoms with van der Waals surface area (Å²) in [7, 11) is 1.68. The largest absolute Gasteiger partial charge is 0.382 e. The average Bonchev–Trinajstić information content (AvgIpc) is 2.90. The lowest BCUT2D eigenvalue weighted by Gasteiger charge is -2.11. The van der Waals surface area contributed by atoms with Gasteiger partial charge in [-0.3, -0.25) is 4.99 Å². The highest BCUT2D eigenvalue weighted by molar-refractivity contribution is 5.79. The van der Waals surface area contributed by atoms with Gasteiger partial charge in [-0.2, -0.15) is 0 Å². The van der Waals surface area contributed by atoms with E-state index in [4.69, 9.17) is 9.47 Å². The highest BCUT2D eigenvalue weighted by Crippen LogP contribution is 2.15. The van der Waals surface area contributed by atoms with Gasteiger partial charge in [-0.25, -0.2) is 0 Å². The third-order valence-electron chi connectivity index (χ3n) is 4.55. The fraction of sp³-hybridized carbons (Fsp3) is 0.842. The second-order valence-corrected chi connectivity index (χ2v) is 6.74. The standard InChI is InChI=1S/C19H36N6O2/c1-3-20-19(22-12-8-14-27-16-15-26-2)21-11-7-10-18-24-23-17-9-5-4-6-13-25(17)18/h3-16H2,1-2H3,(H2,20,21,22). The van der Waals surface area contributed by atoms with Crippen LogP contribution in [0.4, 0.5) is 0 Å². The number of aromatic nitrogens is 3. The van der Waals surface area contributed by atoms with Gasteiger partial charge in [0.25, 0.3) is 0 Å². The van der Waals surface area contributed by atoms with Gasteiger partial charge in [-0.05, 0) is 32.6 Å². The molecule has 0 saturated carbocycles. The topological polar surface area (TPSA) is 85.6 Å². The second kappa shape index (κ2) is 13.5. The van der Waals surface area contributed by atoms with Crippen molar-refractivity contribution in [2.75, 3.05) is 46.6 Å². The lowest BCUT2D eigenvalue weighted by atomic mass is 10.2. The Balaban J connectivity index is 1.66. The predicted octanol–water partition coefficient (Wildman–Crippen LogP) is 1.55. The van der Waals surface area contributed by atoms with Gasteiger partial charge in [0, 0.05) is 52.7 Å². The molecule has 154 valence electrons. The fourth-order valence-electron chi connectivity index (χ4n) is 3.13. The van der Waals surface area contributed by atoms with Crippen molar-refractivity contribution in [1.29, 1.82) is 0 Å². The molecule has 1 aliphatic heterocycles. The molecule has 0 unspecified atom stereocenters. The molecule has 0 spiro atoms. The highest BCUT2D eigenvalue weighted by atomic mass is 16.5. The predicted molar refractivity (Wildman–Crippen MR) is 107 cm³/mol. The van der Waals surface area contributed by atoms with Gasteiger partial charge in [0.1, 0.15) is 11.6 Å². The lowest BCUT2D eigenvalue weighted by Crippen LogP contribution is -2.38. The normalized spacial score (nSPS) is 14.7. The molecule has 1 aromatic heterocycles. The quantitative estimate of drug-likeness (QED) is 0.325. The van der Waals surface area contributed by atoms with Gasteiger partial charge in [0.05, 0.1) is 13.2 Å². The van der Waals surface area contributed by atoms with E-state index < -0.39 is 0 Å². The first-order valence-corrected chi connectivity index (χ1v) is 10.3. The Morgan fingerprint density at radius 3 is 2.89 bits per heavy atom. The Bertz CT molecular complexity index is 546. The molecular formula is C19H36N6O2. The molecule has 8 nitrogen and oxygen atoms in total. The van der Waals surface area contributed by atoms with Crippen LogP contribution in [0, 0.1) is 0 Å². The number of hydrogen-bond donors (Lipinski definition) is 2. The van der Waals surface area contributed by atoms with Gasteiger partial charge >= 0.3 is 0 Å². The first-order chi connectivity index (χ1) is 13.3. The number of aliphatic imine (C=N–C) groups is 1. The van der Waals surface area contributed by atoms with E-state index in [0.717, 1.165) is 76.1 Å². The van der Waals surface area contributed by atoms with Crippen LogP contribution in [0.3, 0.4) is 0 Å². The van der Waals surface area contributed by atoms with Crippen LogP contribution in [0.25, 0.3) is 0 Å². The third-order valence-corrected chi connectivity index (χ3v) is 4.55. The molecule has 0 aromatic carbocycles. The van der Waals surface area contributed by atoms with Crippen molar-refractivity contribution in [1.82, 2.24) is 25.4 Å². The van der Waals surface area contributed by atoms with E-state index >= 15 is 0 Å². The summed E-state index contributed by atoms with van der Waals surface area (Å²) >= 11 is 0. The second-order valence-electron chi connectivity index (χ2n) is 6.74. The minimum absolute atomic E-state index is 0.646. The first kappa shape index (κ1) is 21.6. The number of aryl methyl sites for hydroxylation is 2. The van der Waals surface area contributed by atoms with Crippen LogP contribution >= 0.6 is 0 Å². The summed E-state index contributed by atoms with van der Waals surface area (Å²) in [4.78, 5) is 4.67. The molecule has 1 aromatic rings. The number of nitrogens with zero attached hydrogens (tertiary/aromatic N) is 4. The number of guanidine groups is 1. The van der Waals surface area contributed by atoms with Gasteiger partial charge in [0.2, 0.25) is 0 Å². The summed E-state index contributed by atoms with van der Waals surface area (Å²) in [6.45, 7) is 7.65. The van der Waals surface area contributed by atoms with Gasteiger partial charge in [-0.15, -0.1) is 10.2 Å². The number of rotatable bonds is 12. The first-order valence-electron chi connectivity index (χ1n) is 10.3. The molecule has 2 heterocycles. The molecule has 0 aliphatic carbocycles. The van der Waals surface area contributed by atoms with E-state index in [0.29, 0.717) is 13.2 Å². The Kier molecular flexibility index (Phi) is 10.8. The van der Waals surface area contributed by atoms with Crippen LogP contribution in [0.15, 0.2) is 4.99 Å². The summed E-state index contributed by atoms with van der Waals surface area (Å²) < 4.78 is 12.8. The summed E-state index contributed by atoms with van der Waals surface area (Å²) in [6, 6.07) is 0. The molecule has 0 saturated heterocycles. The van der Waals surface area contributed by atoms with E-state index in [-0.39, 0.29) is 0 Å². The van der Waals surface area contributed by atoms with Crippen molar-refractivity contribution >= 4 is 5.96 Å². The average molecular weight is 381 g/mol. The third kappa shape index (κ3) is 8.26. The number of hydrogen-bond acceptors (Lipinski definition) is 5. The fourth-order valence-corrected chi connectivity index (χ4v) is 3.13. The van der Waals surface area contributed by atoms with E-state index in [2.05, 4.69) is 37.3 Å². The number of nitrogens with one attached hydrogen (secondary N) is 2. The van der Waals surface area contributed by atoms with Crippen molar-refractivity contribution < 1.29 is 9.47 Å². The maximum Gasteiger partial charge on any atom is 0.191 e. The smallest absolute Gasteiger partial charge is 0.191 e. The summed E-state index contributed by atoms with van der Waals surface area (Å²) in [5, 5.41) is 15.4. The van der Waals surface area contributed by atoms with Gasteiger partial charge in [-0.1, -0.05) is 6.42 Å². The molecule has 2 N–H and O–H groups in total. The molecule has 1 aliphatic rings. The molecule has 0 amide bonds. The van der Waals surface area contributed by atoms with Gasteiger partial charge < -0.3 is 24.7 Å². The monoisotopic (exact) mass is 380 g/mol.